The first kappa shape index (κ1) is 15.4. The number of ether oxygens (including phenoxy) is 1. The highest BCUT2D eigenvalue weighted by Crippen LogP contribution is 2.38. The van der Waals surface area contributed by atoms with Crippen LogP contribution in [0.2, 0.25) is 0 Å². The number of nitrogens with two attached hydrogens (primary N) is 1. The van der Waals surface area contributed by atoms with E-state index in [9.17, 15) is 0 Å². The zero-order chi connectivity index (χ0) is 14.6. The van der Waals surface area contributed by atoms with E-state index in [0.717, 1.165) is 32.1 Å². The van der Waals surface area contributed by atoms with Gasteiger partial charge in [-0.3, -0.25) is 0 Å². The highest BCUT2D eigenvalue weighted by molar-refractivity contribution is 5.05. The molecule has 0 aromatic carbocycles. The van der Waals surface area contributed by atoms with Gasteiger partial charge in [0.15, 0.2) is 0 Å². The molecule has 2 N–H and O–H groups in total. The Bertz CT molecular complexity index is 409. The number of aromatic nitrogens is 2. The van der Waals surface area contributed by atoms with E-state index in [1.807, 2.05) is 6.92 Å². The SMILES string of the molecule is CCC(c1nc(C2(OC)CCCCCC2)no1)C(C)N. The molecule has 1 fully saturated rings. The lowest BCUT2D eigenvalue weighted by Crippen LogP contribution is -2.30. The van der Waals surface area contributed by atoms with Crippen LogP contribution in [0, 0.1) is 0 Å². The molecule has 5 nitrogen and oxygen atoms in total. The second-order valence-electron chi connectivity index (χ2n) is 5.94. The Hall–Kier alpha value is -0.940. The van der Waals surface area contributed by atoms with E-state index >= 15 is 0 Å². The Morgan fingerprint density at radius 1 is 1.30 bits per heavy atom. The summed E-state index contributed by atoms with van der Waals surface area (Å²) < 4.78 is 11.3. The number of rotatable bonds is 5. The molecule has 0 saturated heterocycles. The van der Waals surface area contributed by atoms with Crippen LogP contribution in [0.15, 0.2) is 4.52 Å². The molecule has 1 heterocycles. The van der Waals surface area contributed by atoms with Gasteiger partial charge in [0.05, 0.1) is 5.92 Å². The summed E-state index contributed by atoms with van der Waals surface area (Å²) >= 11 is 0. The summed E-state index contributed by atoms with van der Waals surface area (Å²) in [7, 11) is 1.75. The first-order valence-electron chi connectivity index (χ1n) is 7.78. The van der Waals surface area contributed by atoms with Crippen LogP contribution in [0.5, 0.6) is 0 Å². The number of hydrogen-bond acceptors (Lipinski definition) is 5. The quantitative estimate of drug-likeness (QED) is 0.839. The van der Waals surface area contributed by atoms with E-state index in [4.69, 9.17) is 15.0 Å². The molecular weight excluding hydrogens is 254 g/mol. The highest BCUT2D eigenvalue weighted by atomic mass is 16.5. The van der Waals surface area contributed by atoms with Crippen molar-refractivity contribution >= 4 is 0 Å². The van der Waals surface area contributed by atoms with Crippen LogP contribution < -0.4 is 5.73 Å². The van der Waals surface area contributed by atoms with Crippen LogP contribution in [0.3, 0.4) is 0 Å². The van der Waals surface area contributed by atoms with Crippen molar-refractivity contribution in [3.05, 3.63) is 11.7 Å². The van der Waals surface area contributed by atoms with Crippen molar-refractivity contribution in [1.82, 2.24) is 10.1 Å². The standard InChI is InChI=1S/C15H27N3O2/c1-4-12(11(2)16)13-17-14(18-20-13)15(19-3)9-7-5-6-8-10-15/h11-12H,4-10,16H2,1-3H3. The third-order valence-electron chi connectivity index (χ3n) is 4.54. The van der Waals surface area contributed by atoms with Crippen molar-refractivity contribution < 1.29 is 9.26 Å². The molecule has 1 aromatic rings. The van der Waals surface area contributed by atoms with E-state index < -0.39 is 0 Å². The maximum atomic E-state index is 6.00. The topological polar surface area (TPSA) is 74.2 Å². The summed E-state index contributed by atoms with van der Waals surface area (Å²) in [6.07, 6.45) is 7.67. The molecule has 1 aromatic heterocycles. The molecule has 0 amide bonds. The molecule has 2 atom stereocenters. The predicted molar refractivity (Wildman–Crippen MR) is 77.4 cm³/mol. The molecule has 2 rings (SSSR count). The van der Waals surface area contributed by atoms with E-state index in [0.29, 0.717) is 11.7 Å². The van der Waals surface area contributed by atoms with Gasteiger partial charge in [-0.05, 0) is 26.2 Å². The van der Waals surface area contributed by atoms with Gasteiger partial charge in [0.2, 0.25) is 11.7 Å². The minimum Gasteiger partial charge on any atom is -0.370 e. The van der Waals surface area contributed by atoms with Crippen LogP contribution in [-0.2, 0) is 10.3 Å². The fraction of sp³-hybridized carbons (Fsp3) is 0.867. The summed E-state index contributed by atoms with van der Waals surface area (Å²) in [5.41, 5.74) is 5.63. The summed E-state index contributed by atoms with van der Waals surface area (Å²) in [6.45, 7) is 4.07. The van der Waals surface area contributed by atoms with Gasteiger partial charge in [-0.1, -0.05) is 37.8 Å². The molecule has 0 aliphatic heterocycles. The predicted octanol–water partition coefficient (Wildman–Crippen LogP) is 3.11. The van der Waals surface area contributed by atoms with Gasteiger partial charge in [-0.15, -0.1) is 0 Å². The smallest absolute Gasteiger partial charge is 0.231 e. The van der Waals surface area contributed by atoms with Crippen molar-refractivity contribution in [1.29, 1.82) is 0 Å². The van der Waals surface area contributed by atoms with Gasteiger partial charge >= 0.3 is 0 Å². The molecule has 114 valence electrons. The van der Waals surface area contributed by atoms with Crippen LogP contribution in [0.4, 0.5) is 0 Å². The van der Waals surface area contributed by atoms with Crippen molar-refractivity contribution in [2.24, 2.45) is 5.73 Å². The minimum atomic E-state index is -0.367. The van der Waals surface area contributed by atoms with Crippen LogP contribution >= 0.6 is 0 Å². The highest BCUT2D eigenvalue weighted by Gasteiger charge is 2.38. The first-order valence-corrected chi connectivity index (χ1v) is 7.78. The lowest BCUT2D eigenvalue weighted by atomic mass is 9.93. The van der Waals surface area contributed by atoms with E-state index in [2.05, 4.69) is 17.1 Å². The monoisotopic (exact) mass is 281 g/mol. The zero-order valence-corrected chi connectivity index (χ0v) is 12.9. The summed E-state index contributed by atoms with van der Waals surface area (Å²) in [4.78, 5) is 4.63. The van der Waals surface area contributed by atoms with Crippen molar-refractivity contribution in [2.75, 3.05) is 7.11 Å². The Morgan fingerprint density at radius 2 is 1.95 bits per heavy atom. The molecule has 1 aliphatic rings. The van der Waals surface area contributed by atoms with E-state index in [-0.39, 0.29) is 17.6 Å². The molecule has 2 unspecified atom stereocenters. The minimum absolute atomic E-state index is 0.0147. The fourth-order valence-corrected chi connectivity index (χ4v) is 3.16. The van der Waals surface area contributed by atoms with Gasteiger partial charge in [0.1, 0.15) is 5.60 Å². The Morgan fingerprint density at radius 3 is 2.45 bits per heavy atom. The molecule has 0 radical (unpaired) electrons. The molecule has 1 aliphatic carbocycles. The van der Waals surface area contributed by atoms with Gasteiger partial charge in [0, 0.05) is 13.2 Å². The maximum Gasteiger partial charge on any atom is 0.231 e. The average Bonchev–Trinajstić information content (AvgIpc) is 2.78. The van der Waals surface area contributed by atoms with Gasteiger partial charge in [-0.2, -0.15) is 4.98 Å². The van der Waals surface area contributed by atoms with Crippen molar-refractivity contribution in [3.63, 3.8) is 0 Å². The molecular formula is C15H27N3O2. The second-order valence-corrected chi connectivity index (χ2v) is 5.94. The van der Waals surface area contributed by atoms with Crippen molar-refractivity contribution in [3.8, 4) is 0 Å². The van der Waals surface area contributed by atoms with E-state index in [1.54, 1.807) is 7.11 Å². The second kappa shape index (κ2) is 6.68. The Balaban J connectivity index is 2.25. The molecule has 0 spiro atoms. The van der Waals surface area contributed by atoms with Crippen LogP contribution in [0.25, 0.3) is 0 Å². The summed E-state index contributed by atoms with van der Waals surface area (Å²) in [5, 5.41) is 4.21. The average molecular weight is 281 g/mol. The third kappa shape index (κ3) is 3.04. The molecule has 0 bridgehead atoms. The molecule has 1 saturated carbocycles. The van der Waals surface area contributed by atoms with Crippen molar-refractivity contribution in [2.45, 2.75) is 76.4 Å². The van der Waals surface area contributed by atoms with E-state index in [1.165, 1.54) is 12.8 Å². The number of methoxy groups -OCH3 is 1. The fourth-order valence-electron chi connectivity index (χ4n) is 3.16. The summed E-state index contributed by atoms with van der Waals surface area (Å²) in [6, 6.07) is 0.0147. The summed E-state index contributed by atoms with van der Waals surface area (Å²) in [5.74, 6) is 1.48. The normalized spacial score (nSPS) is 22.2. The zero-order valence-electron chi connectivity index (χ0n) is 12.9. The van der Waals surface area contributed by atoms with Crippen LogP contribution in [-0.4, -0.2) is 23.3 Å². The maximum absolute atomic E-state index is 6.00. The third-order valence-corrected chi connectivity index (χ3v) is 4.54. The van der Waals surface area contributed by atoms with Crippen LogP contribution in [0.1, 0.15) is 76.4 Å². The first-order chi connectivity index (χ1) is 9.63. The van der Waals surface area contributed by atoms with Gasteiger partial charge in [0.25, 0.3) is 0 Å². The lowest BCUT2D eigenvalue weighted by Gasteiger charge is -2.27. The largest absolute Gasteiger partial charge is 0.370 e. The number of nitrogens with zero attached hydrogens (tertiary/aromatic N) is 2. The molecule has 5 heteroatoms. The van der Waals surface area contributed by atoms with Gasteiger partial charge in [-0.25, -0.2) is 0 Å². The number of hydrogen-bond donors (Lipinski definition) is 1. The Labute approximate surface area is 121 Å². The Kier molecular flexibility index (Phi) is 5.16. The van der Waals surface area contributed by atoms with Gasteiger partial charge < -0.3 is 15.0 Å². The lowest BCUT2D eigenvalue weighted by molar-refractivity contribution is -0.0365. The molecule has 20 heavy (non-hydrogen) atoms.